The molecule has 4 N–H and O–H groups in total. The van der Waals surface area contributed by atoms with Gasteiger partial charge in [-0.1, -0.05) is 45.9 Å². The van der Waals surface area contributed by atoms with E-state index >= 15 is 0 Å². The molecule has 0 amide bonds. The molecule has 0 atom stereocenters. The lowest BCUT2D eigenvalue weighted by molar-refractivity contribution is -0.0493. The van der Waals surface area contributed by atoms with Crippen molar-refractivity contribution >= 4 is 46.5 Å². The molecule has 4 aromatic rings. The molecule has 2 aromatic carbocycles. The maximum absolute atomic E-state index is 13.1. The summed E-state index contributed by atoms with van der Waals surface area (Å²) in [6.45, 7) is 6.50. The number of alkyl halides is 2. The maximum Gasteiger partial charge on any atom is 0.387 e. The number of likely N-dealkylation sites (N-methyl/N-ethyl adjacent to an activating group) is 1. The van der Waals surface area contributed by atoms with Gasteiger partial charge in [0.05, 0.1) is 22.8 Å². The van der Waals surface area contributed by atoms with Crippen molar-refractivity contribution in [2.75, 3.05) is 56.4 Å². The summed E-state index contributed by atoms with van der Waals surface area (Å²) >= 11 is 3.53. The van der Waals surface area contributed by atoms with Crippen LogP contribution in [0.4, 0.5) is 31.8 Å². The van der Waals surface area contributed by atoms with E-state index in [0.29, 0.717) is 23.6 Å². The zero-order valence-electron chi connectivity index (χ0n) is 24.6. The molecule has 2 aromatic heterocycles. The number of nitrogens with zero attached hydrogens (tertiary/aromatic N) is 3. The summed E-state index contributed by atoms with van der Waals surface area (Å²) in [4.78, 5) is 14.2. The number of thiol groups is 1. The minimum atomic E-state index is -2.98. The summed E-state index contributed by atoms with van der Waals surface area (Å²) in [7, 11) is 5.68. The van der Waals surface area contributed by atoms with E-state index in [1.165, 1.54) is 6.07 Å². The quantitative estimate of drug-likeness (QED) is 0.125. The lowest BCUT2D eigenvalue weighted by atomic mass is 10.1. The highest BCUT2D eigenvalue weighted by Gasteiger charge is 2.16. The number of nitrogens with one attached hydrogen (secondary N) is 4. The van der Waals surface area contributed by atoms with Gasteiger partial charge in [-0.2, -0.15) is 21.4 Å². The van der Waals surface area contributed by atoms with E-state index in [4.69, 9.17) is 4.74 Å². The predicted molar refractivity (Wildman–Crippen MR) is 170 cm³/mol. The van der Waals surface area contributed by atoms with E-state index in [0.717, 1.165) is 28.7 Å². The molecule has 220 valence electrons. The fourth-order valence-corrected chi connectivity index (χ4v) is 3.61. The van der Waals surface area contributed by atoms with E-state index in [-0.39, 0.29) is 11.7 Å². The monoisotopic (exact) mass is 575 g/mol. The fraction of sp³-hybridized carbons (Fsp3) is 0.379. The fourth-order valence-electron chi connectivity index (χ4n) is 3.61. The highest BCUT2D eigenvalue weighted by Crippen LogP contribution is 2.37. The zero-order chi connectivity index (χ0) is 30.1. The number of hydrogen-bond acceptors (Lipinski definition) is 8. The topological polar surface area (TPSA) is 90.1 Å². The minimum absolute atomic E-state index is 0.0152. The first-order valence-electron chi connectivity index (χ1n) is 13.2. The number of anilines is 4. The molecule has 8 nitrogen and oxygen atoms in total. The summed E-state index contributed by atoms with van der Waals surface area (Å²) in [6.07, 6.45) is 5.20. The Labute approximate surface area is 242 Å². The van der Waals surface area contributed by atoms with Gasteiger partial charge in [0.15, 0.2) is 5.75 Å². The average Bonchev–Trinajstić information content (AvgIpc) is 3.41. The van der Waals surface area contributed by atoms with E-state index in [1.54, 1.807) is 31.6 Å². The Hall–Kier alpha value is -3.57. The highest BCUT2D eigenvalue weighted by molar-refractivity contribution is 7.79. The predicted octanol–water partition coefficient (Wildman–Crippen LogP) is 7.58. The molecular formula is C29H43F2N7OS. The number of ether oxygens (including phenoxy) is 1. The molecule has 0 aliphatic rings. The van der Waals surface area contributed by atoms with Crippen LogP contribution in [-0.2, 0) is 0 Å². The van der Waals surface area contributed by atoms with Crippen LogP contribution < -0.4 is 20.7 Å². The van der Waals surface area contributed by atoms with Crippen molar-refractivity contribution in [2.45, 2.75) is 34.3 Å². The smallest absolute Gasteiger partial charge is 0.387 e. The number of para-hydroxylation sites is 1. The van der Waals surface area contributed by atoms with Crippen LogP contribution in [0.1, 0.15) is 27.7 Å². The molecule has 0 saturated heterocycles. The van der Waals surface area contributed by atoms with Gasteiger partial charge in [0.25, 0.3) is 0 Å². The Bertz CT molecular complexity index is 1270. The van der Waals surface area contributed by atoms with Crippen LogP contribution in [-0.4, -0.2) is 67.0 Å². The van der Waals surface area contributed by atoms with Crippen LogP contribution in [0, 0.1) is 0 Å². The Balaban J connectivity index is 0.00000125. The van der Waals surface area contributed by atoms with E-state index < -0.39 is 6.61 Å². The molecule has 2 heterocycles. The van der Waals surface area contributed by atoms with Crippen molar-refractivity contribution in [1.29, 1.82) is 0 Å². The van der Waals surface area contributed by atoms with Crippen molar-refractivity contribution in [3.63, 3.8) is 0 Å². The van der Waals surface area contributed by atoms with Crippen molar-refractivity contribution in [1.82, 2.24) is 19.9 Å². The summed E-state index contributed by atoms with van der Waals surface area (Å²) in [5.74, 6) is 0.247. The number of benzene rings is 2. The SMILES string of the molecule is CC.CC.CNc1cc(OC(F)F)c(Nc2nccc(-c3c[nH]c4ccccc34)n2)cc1NCCN(C)C.CS. The summed E-state index contributed by atoms with van der Waals surface area (Å²) in [5, 5.41) is 10.4. The van der Waals surface area contributed by atoms with E-state index in [2.05, 4.69) is 43.5 Å². The molecule has 0 radical (unpaired) electrons. The lowest BCUT2D eigenvalue weighted by Gasteiger charge is -2.19. The molecule has 0 bridgehead atoms. The molecule has 4 rings (SSSR count). The normalized spacial score (nSPS) is 10.0. The largest absolute Gasteiger partial charge is 0.433 e. The molecule has 0 unspecified atom stereocenters. The van der Waals surface area contributed by atoms with Crippen molar-refractivity contribution in [3.05, 3.63) is 54.9 Å². The highest BCUT2D eigenvalue weighted by atomic mass is 32.1. The number of rotatable bonds is 10. The summed E-state index contributed by atoms with van der Waals surface area (Å²) < 4.78 is 31.1. The maximum atomic E-state index is 13.1. The van der Waals surface area contributed by atoms with Gasteiger partial charge in [-0.3, -0.25) is 0 Å². The van der Waals surface area contributed by atoms with Crippen LogP contribution in [0.3, 0.4) is 0 Å². The van der Waals surface area contributed by atoms with Crippen LogP contribution >= 0.6 is 12.6 Å². The van der Waals surface area contributed by atoms with Crippen LogP contribution in [0.2, 0.25) is 0 Å². The third-order valence-electron chi connectivity index (χ3n) is 5.25. The molecule has 0 fully saturated rings. The number of aromatic nitrogens is 3. The van der Waals surface area contributed by atoms with Crippen molar-refractivity contribution < 1.29 is 13.5 Å². The molecule has 0 aliphatic carbocycles. The molecule has 11 heteroatoms. The zero-order valence-corrected chi connectivity index (χ0v) is 25.5. The van der Waals surface area contributed by atoms with Gasteiger partial charge < -0.3 is 30.6 Å². The Morgan fingerprint density at radius 1 is 1.00 bits per heavy atom. The lowest BCUT2D eigenvalue weighted by Crippen LogP contribution is -2.21. The van der Waals surface area contributed by atoms with Crippen LogP contribution in [0.25, 0.3) is 22.2 Å². The second-order valence-electron chi connectivity index (χ2n) is 7.89. The standard InChI is InChI=1S/C24H27F2N7O.2C2H6.CH4S/c1-27-19-13-22(34-23(25)26)21(12-20(19)28-10-11-33(2)3)32-24-29-9-8-18(31-24)16-14-30-17-7-5-4-6-15(16)17;3*1-2/h4-9,12-14,23,27-28,30H,10-11H2,1-3H3,(H,29,31,32);2*1-2H3;2H,1H3. The van der Waals surface area contributed by atoms with Gasteiger partial charge in [-0.15, -0.1) is 0 Å². The number of fused-ring (bicyclic) bond motifs is 1. The number of aromatic amines is 1. The summed E-state index contributed by atoms with van der Waals surface area (Å²) in [5.41, 5.74) is 4.30. The van der Waals surface area contributed by atoms with Gasteiger partial charge in [0, 0.05) is 55.1 Å². The second-order valence-corrected chi connectivity index (χ2v) is 7.89. The second kappa shape index (κ2) is 18.7. The molecule has 40 heavy (non-hydrogen) atoms. The molecule has 0 spiro atoms. The number of halogens is 2. The minimum Gasteiger partial charge on any atom is -0.433 e. The number of hydrogen-bond donors (Lipinski definition) is 5. The average molecular weight is 576 g/mol. The first kappa shape index (κ1) is 34.5. The molecular weight excluding hydrogens is 532 g/mol. The van der Waals surface area contributed by atoms with Crippen molar-refractivity contribution in [3.8, 4) is 17.0 Å². The Morgan fingerprint density at radius 2 is 1.70 bits per heavy atom. The van der Waals surface area contributed by atoms with Gasteiger partial charge >= 0.3 is 6.61 Å². The Kier molecular flexibility index (Phi) is 16.1. The first-order valence-corrected chi connectivity index (χ1v) is 14.1. The van der Waals surface area contributed by atoms with E-state index in [9.17, 15) is 8.78 Å². The molecule has 0 saturated carbocycles. The van der Waals surface area contributed by atoms with Crippen LogP contribution in [0.15, 0.2) is 54.9 Å². The van der Waals surface area contributed by atoms with Gasteiger partial charge in [0.2, 0.25) is 5.95 Å². The first-order chi connectivity index (χ1) is 19.4. The third kappa shape index (κ3) is 9.87. The summed E-state index contributed by atoms with van der Waals surface area (Å²) in [6, 6.07) is 12.9. The Morgan fingerprint density at radius 3 is 2.35 bits per heavy atom. The number of H-pyrrole nitrogens is 1. The third-order valence-corrected chi connectivity index (χ3v) is 5.25. The van der Waals surface area contributed by atoms with Crippen molar-refractivity contribution in [2.24, 2.45) is 0 Å². The van der Waals surface area contributed by atoms with Crippen LogP contribution in [0.5, 0.6) is 5.75 Å². The van der Waals surface area contributed by atoms with E-state index in [1.807, 2.05) is 77.2 Å². The van der Waals surface area contributed by atoms with Gasteiger partial charge in [-0.25, -0.2) is 9.97 Å². The van der Waals surface area contributed by atoms with Gasteiger partial charge in [-0.05, 0) is 38.6 Å². The molecule has 0 aliphatic heterocycles. The van der Waals surface area contributed by atoms with Gasteiger partial charge in [0.1, 0.15) is 0 Å².